The lowest BCUT2D eigenvalue weighted by atomic mass is 10.2. The number of amides is 1. The standard InChI is InChI=1S/C19H21NO5S/c1-13(21)20-15-3-5-17(6-4-15)26-11-16(22)10-23-9-14-2-7-18-19(8-14)25-12-24-18/h2-8,16,22H,9-12H2,1H3,(H,20,21). The van der Waals surface area contributed by atoms with Crippen LogP contribution in [0.15, 0.2) is 47.4 Å². The molecule has 3 rings (SSSR count). The maximum Gasteiger partial charge on any atom is 0.231 e. The Hall–Kier alpha value is -2.22. The van der Waals surface area contributed by atoms with Crippen molar-refractivity contribution in [2.75, 3.05) is 24.5 Å². The molecule has 26 heavy (non-hydrogen) atoms. The zero-order chi connectivity index (χ0) is 18.4. The molecular formula is C19H21NO5S. The maximum atomic E-state index is 11.0. The highest BCUT2D eigenvalue weighted by Crippen LogP contribution is 2.32. The van der Waals surface area contributed by atoms with Crippen molar-refractivity contribution in [2.24, 2.45) is 0 Å². The van der Waals surface area contributed by atoms with Crippen molar-refractivity contribution in [1.29, 1.82) is 0 Å². The molecule has 2 aromatic rings. The second-order valence-corrected chi connectivity index (χ2v) is 6.97. The first kappa shape index (κ1) is 18.6. The van der Waals surface area contributed by atoms with Crippen LogP contribution in [0, 0.1) is 0 Å². The van der Waals surface area contributed by atoms with E-state index in [2.05, 4.69) is 5.32 Å². The average molecular weight is 375 g/mol. The number of hydrogen-bond acceptors (Lipinski definition) is 6. The van der Waals surface area contributed by atoms with Crippen LogP contribution >= 0.6 is 11.8 Å². The van der Waals surface area contributed by atoms with E-state index in [1.165, 1.54) is 18.7 Å². The van der Waals surface area contributed by atoms with E-state index in [0.29, 0.717) is 12.4 Å². The summed E-state index contributed by atoms with van der Waals surface area (Å²) in [5.74, 6) is 1.90. The summed E-state index contributed by atoms with van der Waals surface area (Å²) in [6.07, 6.45) is -0.566. The molecule has 1 aliphatic rings. The Bertz CT molecular complexity index is 750. The summed E-state index contributed by atoms with van der Waals surface area (Å²) >= 11 is 1.54. The number of aliphatic hydroxyl groups is 1. The fourth-order valence-electron chi connectivity index (χ4n) is 2.42. The molecule has 1 amide bonds. The van der Waals surface area contributed by atoms with Crippen LogP contribution in [0.25, 0.3) is 0 Å². The first-order valence-corrected chi connectivity index (χ1v) is 9.23. The third-order valence-electron chi connectivity index (χ3n) is 3.63. The van der Waals surface area contributed by atoms with Crippen LogP contribution in [0.2, 0.25) is 0 Å². The van der Waals surface area contributed by atoms with Gasteiger partial charge in [0.2, 0.25) is 12.7 Å². The van der Waals surface area contributed by atoms with Crippen molar-refractivity contribution in [3.8, 4) is 11.5 Å². The predicted molar refractivity (Wildman–Crippen MR) is 99.7 cm³/mol. The molecule has 0 radical (unpaired) electrons. The second kappa shape index (κ2) is 8.93. The molecule has 7 heteroatoms. The number of carbonyl (C=O) groups excluding carboxylic acids is 1. The van der Waals surface area contributed by atoms with Crippen LogP contribution in [-0.4, -0.2) is 36.3 Å². The molecule has 1 aliphatic heterocycles. The van der Waals surface area contributed by atoms with Crippen molar-refractivity contribution in [1.82, 2.24) is 0 Å². The van der Waals surface area contributed by atoms with Gasteiger partial charge in [0.15, 0.2) is 11.5 Å². The molecule has 0 spiro atoms. The molecule has 0 bridgehead atoms. The normalized spacial score (nSPS) is 13.5. The Morgan fingerprint density at radius 3 is 2.77 bits per heavy atom. The van der Waals surface area contributed by atoms with Crippen LogP contribution in [0.5, 0.6) is 11.5 Å². The minimum atomic E-state index is -0.566. The number of hydrogen-bond donors (Lipinski definition) is 2. The SMILES string of the molecule is CC(=O)Nc1ccc(SCC(O)COCc2ccc3c(c2)OCO3)cc1. The fourth-order valence-corrected chi connectivity index (χ4v) is 3.23. The topological polar surface area (TPSA) is 77.0 Å². The first-order valence-electron chi connectivity index (χ1n) is 8.25. The number of thioether (sulfide) groups is 1. The summed E-state index contributed by atoms with van der Waals surface area (Å²) in [7, 11) is 0. The van der Waals surface area contributed by atoms with Crippen LogP contribution in [0.1, 0.15) is 12.5 Å². The lowest BCUT2D eigenvalue weighted by Gasteiger charge is -2.12. The number of benzene rings is 2. The summed E-state index contributed by atoms with van der Waals surface area (Å²) in [5.41, 5.74) is 1.73. The van der Waals surface area contributed by atoms with Crippen molar-refractivity contribution < 1.29 is 24.1 Å². The van der Waals surface area contributed by atoms with Gasteiger partial charge in [0.05, 0.1) is 19.3 Å². The Kier molecular flexibility index (Phi) is 6.38. The summed E-state index contributed by atoms with van der Waals surface area (Å²) in [4.78, 5) is 12.0. The smallest absolute Gasteiger partial charge is 0.231 e. The molecule has 138 valence electrons. The van der Waals surface area contributed by atoms with E-state index in [1.54, 1.807) is 0 Å². The van der Waals surface area contributed by atoms with Gasteiger partial charge in [-0.2, -0.15) is 0 Å². The van der Waals surface area contributed by atoms with Gasteiger partial charge in [-0.1, -0.05) is 6.07 Å². The lowest BCUT2D eigenvalue weighted by Crippen LogP contribution is -2.17. The molecular weight excluding hydrogens is 354 g/mol. The van der Waals surface area contributed by atoms with Crippen molar-refractivity contribution in [3.05, 3.63) is 48.0 Å². The highest BCUT2D eigenvalue weighted by molar-refractivity contribution is 7.99. The van der Waals surface area contributed by atoms with Gasteiger partial charge in [0, 0.05) is 23.3 Å². The van der Waals surface area contributed by atoms with Gasteiger partial charge in [0.1, 0.15) is 0 Å². The Balaban J connectivity index is 1.37. The zero-order valence-electron chi connectivity index (χ0n) is 14.4. The van der Waals surface area contributed by atoms with Crippen LogP contribution in [0.4, 0.5) is 5.69 Å². The largest absolute Gasteiger partial charge is 0.454 e. The summed E-state index contributed by atoms with van der Waals surface area (Å²) in [5, 5.41) is 12.8. The van der Waals surface area contributed by atoms with E-state index in [1.807, 2.05) is 42.5 Å². The van der Waals surface area contributed by atoms with Crippen molar-refractivity contribution in [2.45, 2.75) is 24.5 Å². The molecule has 0 saturated heterocycles. The van der Waals surface area contributed by atoms with E-state index in [9.17, 15) is 9.90 Å². The minimum Gasteiger partial charge on any atom is -0.454 e. The Labute approximate surface area is 156 Å². The van der Waals surface area contributed by atoms with Crippen molar-refractivity contribution >= 4 is 23.4 Å². The Morgan fingerprint density at radius 1 is 1.23 bits per heavy atom. The molecule has 0 saturated carbocycles. The van der Waals surface area contributed by atoms with E-state index >= 15 is 0 Å². The monoisotopic (exact) mass is 375 g/mol. The Morgan fingerprint density at radius 2 is 2.00 bits per heavy atom. The van der Waals surface area contributed by atoms with Crippen LogP contribution < -0.4 is 14.8 Å². The molecule has 2 aromatic carbocycles. The lowest BCUT2D eigenvalue weighted by molar-refractivity contribution is -0.114. The van der Waals surface area contributed by atoms with Gasteiger partial charge in [-0.05, 0) is 42.0 Å². The molecule has 0 aliphatic carbocycles. The van der Waals surface area contributed by atoms with E-state index < -0.39 is 6.10 Å². The molecule has 2 N–H and O–H groups in total. The van der Waals surface area contributed by atoms with E-state index in [-0.39, 0.29) is 19.3 Å². The van der Waals surface area contributed by atoms with Gasteiger partial charge in [0.25, 0.3) is 0 Å². The van der Waals surface area contributed by atoms with Crippen LogP contribution in [0.3, 0.4) is 0 Å². The summed E-state index contributed by atoms with van der Waals surface area (Å²) in [6.45, 7) is 2.39. The van der Waals surface area contributed by atoms with Crippen molar-refractivity contribution in [3.63, 3.8) is 0 Å². The van der Waals surface area contributed by atoms with Gasteiger partial charge < -0.3 is 24.6 Å². The van der Waals surface area contributed by atoms with Crippen LogP contribution in [-0.2, 0) is 16.1 Å². The first-order chi connectivity index (χ1) is 12.6. The number of ether oxygens (including phenoxy) is 3. The number of nitrogens with one attached hydrogen (secondary N) is 1. The number of fused-ring (bicyclic) bond motifs is 1. The molecule has 1 atom stereocenters. The van der Waals surface area contributed by atoms with E-state index in [4.69, 9.17) is 14.2 Å². The average Bonchev–Trinajstić information content (AvgIpc) is 3.08. The highest BCUT2D eigenvalue weighted by atomic mass is 32.2. The number of anilines is 1. The number of carbonyl (C=O) groups is 1. The number of aliphatic hydroxyl groups excluding tert-OH is 1. The fraction of sp³-hybridized carbons (Fsp3) is 0.316. The third kappa shape index (κ3) is 5.39. The molecule has 0 fully saturated rings. The van der Waals surface area contributed by atoms with Gasteiger partial charge in [-0.3, -0.25) is 4.79 Å². The maximum absolute atomic E-state index is 11.0. The highest BCUT2D eigenvalue weighted by Gasteiger charge is 2.13. The predicted octanol–water partition coefficient (Wildman–Crippen LogP) is 3.04. The van der Waals surface area contributed by atoms with Gasteiger partial charge in [-0.15, -0.1) is 11.8 Å². The zero-order valence-corrected chi connectivity index (χ0v) is 15.3. The molecule has 1 heterocycles. The number of rotatable bonds is 8. The van der Waals surface area contributed by atoms with Gasteiger partial charge >= 0.3 is 0 Å². The second-order valence-electron chi connectivity index (χ2n) is 5.87. The quantitative estimate of drug-likeness (QED) is 0.691. The molecule has 0 aromatic heterocycles. The third-order valence-corrected chi connectivity index (χ3v) is 4.79. The minimum absolute atomic E-state index is 0.0968. The summed E-state index contributed by atoms with van der Waals surface area (Å²) in [6, 6.07) is 13.2. The molecule has 1 unspecified atom stereocenters. The van der Waals surface area contributed by atoms with E-state index in [0.717, 1.165) is 27.6 Å². The summed E-state index contributed by atoms with van der Waals surface area (Å²) < 4.78 is 16.2. The van der Waals surface area contributed by atoms with Gasteiger partial charge in [-0.25, -0.2) is 0 Å². The molecule has 6 nitrogen and oxygen atoms in total.